The molecule has 0 fully saturated rings. The van der Waals surface area contributed by atoms with Gasteiger partial charge in [0.2, 0.25) is 0 Å². The van der Waals surface area contributed by atoms with Gasteiger partial charge in [0, 0.05) is 18.5 Å². The molecule has 0 aliphatic rings. The molecule has 17 heavy (non-hydrogen) atoms. The fourth-order valence-corrected chi connectivity index (χ4v) is 1.68. The summed E-state index contributed by atoms with van der Waals surface area (Å²) in [5.41, 5.74) is 0.719. The second kappa shape index (κ2) is 5.01. The molecule has 1 aromatic heterocycles. The molecule has 0 saturated carbocycles. The predicted octanol–water partition coefficient (Wildman–Crippen LogP) is 2.20. The molecule has 0 aliphatic heterocycles. The van der Waals surface area contributed by atoms with Gasteiger partial charge in [-0.1, -0.05) is 18.2 Å². The summed E-state index contributed by atoms with van der Waals surface area (Å²) < 4.78 is 10.4. The minimum absolute atomic E-state index is 0.0410. The molecule has 0 aliphatic carbocycles. The Hall–Kier alpha value is -1.81. The molecule has 2 aromatic rings. The SMILES string of the molecule is COC[C@@H](C)NC(=O)c1cc2ccccc2o1. The second-order valence-electron chi connectivity index (χ2n) is 3.98. The van der Waals surface area contributed by atoms with Gasteiger partial charge < -0.3 is 14.5 Å². The molecular formula is C13H15NO3. The Morgan fingerprint density at radius 3 is 2.94 bits per heavy atom. The molecule has 0 radical (unpaired) electrons. The maximum atomic E-state index is 11.8. The molecule has 2 rings (SSSR count). The van der Waals surface area contributed by atoms with Crippen molar-refractivity contribution in [2.75, 3.05) is 13.7 Å². The van der Waals surface area contributed by atoms with Gasteiger partial charge in [0.05, 0.1) is 6.61 Å². The normalized spacial score (nSPS) is 12.6. The molecule has 4 heteroatoms. The van der Waals surface area contributed by atoms with Crippen LogP contribution in [0.25, 0.3) is 11.0 Å². The Morgan fingerprint density at radius 2 is 2.24 bits per heavy atom. The van der Waals surface area contributed by atoms with Gasteiger partial charge in [-0.3, -0.25) is 4.79 Å². The number of para-hydroxylation sites is 1. The van der Waals surface area contributed by atoms with Gasteiger partial charge in [0.1, 0.15) is 5.58 Å². The first-order valence-electron chi connectivity index (χ1n) is 5.49. The average molecular weight is 233 g/mol. The molecule has 0 bridgehead atoms. The molecule has 0 spiro atoms. The number of methoxy groups -OCH3 is 1. The summed E-state index contributed by atoms with van der Waals surface area (Å²) in [6, 6.07) is 9.23. The van der Waals surface area contributed by atoms with Crippen LogP contribution in [0.2, 0.25) is 0 Å². The molecule has 4 nitrogen and oxygen atoms in total. The molecule has 1 aromatic carbocycles. The van der Waals surface area contributed by atoms with Crippen LogP contribution in [0, 0.1) is 0 Å². The van der Waals surface area contributed by atoms with Gasteiger partial charge in [-0.15, -0.1) is 0 Å². The highest BCUT2D eigenvalue weighted by atomic mass is 16.5. The van der Waals surface area contributed by atoms with Crippen molar-refractivity contribution < 1.29 is 13.9 Å². The maximum absolute atomic E-state index is 11.8. The monoisotopic (exact) mass is 233 g/mol. The molecular weight excluding hydrogens is 218 g/mol. The van der Waals surface area contributed by atoms with E-state index in [9.17, 15) is 4.79 Å². The Balaban J connectivity index is 2.13. The highest BCUT2D eigenvalue weighted by molar-refractivity contribution is 5.96. The zero-order chi connectivity index (χ0) is 12.3. The number of nitrogens with one attached hydrogen (secondary N) is 1. The lowest BCUT2D eigenvalue weighted by Crippen LogP contribution is -2.35. The van der Waals surface area contributed by atoms with E-state index in [1.165, 1.54) is 0 Å². The van der Waals surface area contributed by atoms with Crippen molar-refractivity contribution in [2.45, 2.75) is 13.0 Å². The Labute approximate surface area is 99.6 Å². The van der Waals surface area contributed by atoms with Gasteiger partial charge in [0.25, 0.3) is 5.91 Å². The van der Waals surface area contributed by atoms with Crippen molar-refractivity contribution in [3.63, 3.8) is 0 Å². The van der Waals surface area contributed by atoms with Crippen LogP contribution in [0.5, 0.6) is 0 Å². The Bertz CT molecular complexity index is 485. The number of ether oxygens (including phenoxy) is 1. The van der Waals surface area contributed by atoms with Crippen LogP contribution in [-0.4, -0.2) is 25.7 Å². The number of carbonyl (C=O) groups excluding carboxylic acids is 1. The fraction of sp³-hybridized carbons (Fsp3) is 0.308. The van der Waals surface area contributed by atoms with Crippen LogP contribution in [-0.2, 0) is 4.74 Å². The van der Waals surface area contributed by atoms with Gasteiger partial charge in [0.15, 0.2) is 5.76 Å². The second-order valence-corrected chi connectivity index (χ2v) is 3.98. The molecule has 1 heterocycles. The number of amides is 1. The summed E-state index contributed by atoms with van der Waals surface area (Å²) in [6.07, 6.45) is 0. The average Bonchev–Trinajstić information content (AvgIpc) is 2.72. The molecule has 1 amide bonds. The minimum Gasteiger partial charge on any atom is -0.451 e. The summed E-state index contributed by atoms with van der Waals surface area (Å²) in [5, 5.41) is 3.73. The fourth-order valence-electron chi connectivity index (χ4n) is 1.68. The molecule has 1 N–H and O–H groups in total. The maximum Gasteiger partial charge on any atom is 0.287 e. The smallest absolute Gasteiger partial charge is 0.287 e. The molecule has 1 atom stereocenters. The van der Waals surface area contributed by atoms with Crippen molar-refractivity contribution in [1.29, 1.82) is 0 Å². The number of carbonyl (C=O) groups is 1. The number of furan rings is 1. The van der Waals surface area contributed by atoms with Gasteiger partial charge in [-0.05, 0) is 19.1 Å². The van der Waals surface area contributed by atoms with Crippen LogP contribution in [0.1, 0.15) is 17.5 Å². The van der Waals surface area contributed by atoms with E-state index in [2.05, 4.69) is 5.32 Å². The first-order chi connectivity index (χ1) is 8.20. The van der Waals surface area contributed by atoms with E-state index in [0.717, 1.165) is 11.0 Å². The lowest BCUT2D eigenvalue weighted by atomic mass is 10.2. The highest BCUT2D eigenvalue weighted by Gasteiger charge is 2.14. The predicted molar refractivity (Wildman–Crippen MR) is 65.0 cm³/mol. The lowest BCUT2D eigenvalue weighted by Gasteiger charge is -2.10. The van der Waals surface area contributed by atoms with Gasteiger partial charge in [-0.2, -0.15) is 0 Å². The summed E-state index contributed by atoms with van der Waals surface area (Å²) in [4.78, 5) is 11.8. The van der Waals surface area contributed by atoms with E-state index >= 15 is 0 Å². The standard InChI is InChI=1S/C13H15NO3/c1-9(8-16-2)14-13(15)12-7-10-5-3-4-6-11(10)17-12/h3-7,9H,8H2,1-2H3,(H,14,15)/t9-/m1/s1. The third-order valence-electron chi connectivity index (χ3n) is 2.44. The van der Waals surface area contributed by atoms with Gasteiger partial charge >= 0.3 is 0 Å². The zero-order valence-corrected chi connectivity index (χ0v) is 9.90. The number of fused-ring (bicyclic) bond motifs is 1. The van der Waals surface area contributed by atoms with E-state index in [1.807, 2.05) is 31.2 Å². The Morgan fingerprint density at radius 1 is 1.47 bits per heavy atom. The van der Waals surface area contributed by atoms with Gasteiger partial charge in [-0.25, -0.2) is 0 Å². The third-order valence-corrected chi connectivity index (χ3v) is 2.44. The largest absolute Gasteiger partial charge is 0.451 e. The third kappa shape index (κ3) is 2.65. The highest BCUT2D eigenvalue weighted by Crippen LogP contribution is 2.18. The van der Waals surface area contributed by atoms with E-state index in [0.29, 0.717) is 12.4 Å². The van der Waals surface area contributed by atoms with Crippen LogP contribution in [0.15, 0.2) is 34.7 Å². The number of hydrogen-bond acceptors (Lipinski definition) is 3. The summed E-state index contributed by atoms with van der Waals surface area (Å²) in [5.74, 6) is 0.111. The van der Waals surface area contributed by atoms with Crippen molar-refractivity contribution in [2.24, 2.45) is 0 Å². The number of benzene rings is 1. The quantitative estimate of drug-likeness (QED) is 0.880. The molecule has 0 saturated heterocycles. The minimum atomic E-state index is -0.217. The number of rotatable bonds is 4. The lowest BCUT2D eigenvalue weighted by molar-refractivity contribution is 0.0880. The van der Waals surface area contributed by atoms with Crippen molar-refractivity contribution >= 4 is 16.9 Å². The summed E-state index contributed by atoms with van der Waals surface area (Å²) in [7, 11) is 1.60. The molecule has 90 valence electrons. The van der Waals surface area contributed by atoms with E-state index in [-0.39, 0.29) is 11.9 Å². The van der Waals surface area contributed by atoms with E-state index in [4.69, 9.17) is 9.15 Å². The van der Waals surface area contributed by atoms with E-state index in [1.54, 1.807) is 13.2 Å². The van der Waals surface area contributed by atoms with Crippen LogP contribution in [0.4, 0.5) is 0 Å². The Kier molecular flexibility index (Phi) is 3.44. The first kappa shape index (κ1) is 11.7. The van der Waals surface area contributed by atoms with Crippen molar-refractivity contribution in [1.82, 2.24) is 5.32 Å². The van der Waals surface area contributed by atoms with Crippen molar-refractivity contribution in [3.8, 4) is 0 Å². The number of hydrogen-bond donors (Lipinski definition) is 1. The zero-order valence-electron chi connectivity index (χ0n) is 9.90. The van der Waals surface area contributed by atoms with E-state index < -0.39 is 0 Å². The summed E-state index contributed by atoms with van der Waals surface area (Å²) >= 11 is 0. The summed E-state index contributed by atoms with van der Waals surface area (Å²) in [6.45, 7) is 2.36. The topological polar surface area (TPSA) is 51.5 Å². The van der Waals surface area contributed by atoms with Crippen molar-refractivity contribution in [3.05, 3.63) is 36.1 Å². The first-order valence-corrected chi connectivity index (χ1v) is 5.49. The van der Waals surface area contributed by atoms with Crippen LogP contribution in [0.3, 0.4) is 0 Å². The molecule has 0 unspecified atom stereocenters. The van der Waals surface area contributed by atoms with Crippen LogP contribution >= 0.6 is 0 Å². The van der Waals surface area contributed by atoms with Crippen LogP contribution < -0.4 is 5.32 Å².